The summed E-state index contributed by atoms with van der Waals surface area (Å²) in [6.45, 7) is 6.78. The van der Waals surface area contributed by atoms with Crippen molar-refractivity contribution in [3.8, 4) is 0 Å². The first kappa shape index (κ1) is 6.20. The van der Waals surface area contributed by atoms with Crippen LogP contribution in [0.25, 0.3) is 0 Å². The van der Waals surface area contributed by atoms with Gasteiger partial charge < -0.3 is 0 Å². The monoisotopic (exact) mass is 122 g/mol. The molecule has 1 aliphatic rings. The van der Waals surface area contributed by atoms with Crippen LogP contribution >= 0.6 is 0 Å². The molecule has 1 rings (SSSR count). The van der Waals surface area contributed by atoms with Gasteiger partial charge in [-0.3, -0.25) is 9.98 Å². The smallest absolute Gasteiger partial charge is 0.0609 e. The van der Waals surface area contributed by atoms with Gasteiger partial charge in [0.15, 0.2) is 0 Å². The van der Waals surface area contributed by atoms with Crippen LogP contribution in [0.3, 0.4) is 0 Å². The highest BCUT2D eigenvalue weighted by atomic mass is 14.8. The zero-order valence-electron chi connectivity index (χ0n) is 5.38. The van der Waals surface area contributed by atoms with Gasteiger partial charge in [-0.05, 0) is 26.3 Å². The molecule has 1 aliphatic carbocycles. The molecule has 2 nitrogen and oxygen atoms in total. The van der Waals surface area contributed by atoms with Crippen molar-refractivity contribution in [2.75, 3.05) is 0 Å². The number of hydrogen-bond donors (Lipinski definition) is 0. The lowest BCUT2D eigenvalue weighted by Crippen LogP contribution is -1.77. The highest BCUT2D eigenvalue weighted by molar-refractivity contribution is 5.33. The molecular weight excluding hydrogens is 112 g/mol. The molecule has 0 N–H and O–H groups in total. The van der Waals surface area contributed by atoms with Crippen molar-refractivity contribution in [2.45, 2.75) is 12.8 Å². The van der Waals surface area contributed by atoms with Crippen LogP contribution in [0.15, 0.2) is 21.9 Å². The molecule has 0 radical (unpaired) electrons. The summed E-state index contributed by atoms with van der Waals surface area (Å²) in [6.07, 6.45) is 4.16. The Balaban J connectivity index is 2.56. The van der Waals surface area contributed by atoms with E-state index in [0.29, 0.717) is 5.92 Å². The second-order valence-electron chi connectivity index (χ2n) is 2.17. The van der Waals surface area contributed by atoms with Gasteiger partial charge in [-0.15, -0.1) is 0 Å². The van der Waals surface area contributed by atoms with Gasteiger partial charge in [0, 0.05) is 12.1 Å². The van der Waals surface area contributed by atoms with Gasteiger partial charge in [-0.2, -0.15) is 0 Å². The normalized spacial score (nSPS) is 19.3. The second kappa shape index (κ2) is 2.58. The van der Waals surface area contributed by atoms with Crippen molar-refractivity contribution >= 4 is 13.4 Å². The third-order valence-electron chi connectivity index (χ3n) is 1.40. The van der Waals surface area contributed by atoms with E-state index in [-0.39, 0.29) is 0 Å². The van der Waals surface area contributed by atoms with Crippen LogP contribution in [-0.4, -0.2) is 13.4 Å². The van der Waals surface area contributed by atoms with Crippen molar-refractivity contribution in [3.63, 3.8) is 0 Å². The minimum atomic E-state index is 0.632. The van der Waals surface area contributed by atoms with Crippen LogP contribution in [0.5, 0.6) is 0 Å². The first-order chi connectivity index (χ1) is 4.38. The molecule has 0 bridgehead atoms. The lowest BCUT2D eigenvalue weighted by Gasteiger charge is -1.90. The molecule has 48 valence electrons. The van der Waals surface area contributed by atoms with Crippen LogP contribution < -0.4 is 0 Å². The maximum absolute atomic E-state index is 3.82. The molecule has 0 aliphatic heterocycles. The summed E-state index contributed by atoms with van der Waals surface area (Å²) in [6, 6.07) is 0. The maximum Gasteiger partial charge on any atom is 0.0609 e. The summed E-state index contributed by atoms with van der Waals surface area (Å²) in [5.74, 6) is 0.632. The van der Waals surface area contributed by atoms with Gasteiger partial charge in [0.25, 0.3) is 0 Å². The molecule has 0 aromatic carbocycles. The first-order valence-corrected chi connectivity index (χ1v) is 3.01. The highest BCUT2D eigenvalue weighted by Gasteiger charge is 2.24. The lowest BCUT2D eigenvalue weighted by molar-refractivity contribution is 0.977. The van der Waals surface area contributed by atoms with Crippen LogP contribution in [0, 0.1) is 5.92 Å². The average Bonchev–Trinajstić information content (AvgIpc) is 2.64. The number of aliphatic imine (C=N–C) groups is 2. The Bertz CT molecular complexity index is 154. The zero-order chi connectivity index (χ0) is 6.69. The quantitative estimate of drug-likeness (QED) is 0.508. The van der Waals surface area contributed by atoms with Crippen molar-refractivity contribution in [2.24, 2.45) is 15.9 Å². The zero-order valence-corrected chi connectivity index (χ0v) is 5.38. The van der Waals surface area contributed by atoms with E-state index in [0.717, 1.165) is 5.70 Å². The first-order valence-electron chi connectivity index (χ1n) is 3.01. The Morgan fingerprint density at radius 2 is 2.11 bits per heavy atom. The SMILES string of the molecule is C=N/C=C(\N=C)C1CC1. The van der Waals surface area contributed by atoms with Crippen LogP contribution in [0.4, 0.5) is 0 Å². The van der Waals surface area contributed by atoms with Crippen molar-refractivity contribution in [1.82, 2.24) is 0 Å². The number of rotatable bonds is 3. The summed E-state index contributed by atoms with van der Waals surface area (Å²) in [4.78, 5) is 7.44. The molecule has 0 amide bonds. The Morgan fingerprint density at radius 3 is 2.44 bits per heavy atom. The molecule has 0 heterocycles. The Hall–Kier alpha value is -0.920. The van der Waals surface area contributed by atoms with Gasteiger partial charge >= 0.3 is 0 Å². The van der Waals surface area contributed by atoms with E-state index in [1.807, 2.05) is 0 Å². The van der Waals surface area contributed by atoms with Gasteiger partial charge in [-0.1, -0.05) is 0 Å². The summed E-state index contributed by atoms with van der Waals surface area (Å²) in [7, 11) is 0. The lowest BCUT2D eigenvalue weighted by atomic mass is 10.3. The van der Waals surface area contributed by atoms with Gasteiger partial charge in [0.1, 0.15) is 0 Å². The highest BCUT2D eigenvalue weighted by Crippen LogP contribution is 2.36. The van der Waals surface area contributed by atoms with E-state index >= 15 is 0 Å². The molecule has 9 heavy (non-hydrogen) atoms. The van der Waals surface area contributed by atoms with Crippen LogP contribution in [-0.2, 0) is 0 Å². The molecular formula is C7H10N2. The van der Waals surface area contributed by atoms with Crippen molar-refractivity contribution < 1.29 is 0 Å². The largest absolute Gasteiger partial charge is 0.271 e. The van der Waals surface area contributed by atoms with Gasteiger partial charge in [0.2, 0.25) is 0 Å². The predicted molar refractivity (Wildman–Crippen MR) is 39.9 cm³/mol. The maximum atomic E-state index is 3.82. The fraction of sp³-hybridized carbons (Fsp3) is 0.429. The molecule has 0 aromatic heterocycles. The fourth-order valence-corrected chi connectivity index (χ4v) is 0.748. The van der Waals surface area contributed by atoms with Gasteiger partial charge in [-0.25, -0.2) is 0 Å². The molecule has 0 aromatic rings. The molecule has 0 spiro atoms. The molecule has 0 atom stereocenters. The van der Waals surface area contributed by atoms with E-state index in [1.54, 1.807) is 6.20 Å². The van der Waals surface area contributed by atoms with Crippen LogP contribution in [0.1, 0.15) is 12.8 Å². The number of nitrogens with zero attached hydrogens (tertiary/aromatic N) is 2. The molecule has 0 saturated heterocycles. The van der Waals surface area contributed by atoms with Crippen LogP contribution in [0.2, 0.25) is 0 Å². The van der Waals surface area contributed by atoms with Crippen molar-refractivity contribution in [1.29, 1.82) is 0 Å². The predicted octanol–water partition coefficient (Wildman–Crippen LogP) is 1.64. The van der Waals surface area contributed by atoms with E-state index in [9.17, 15) is 0 Å². The van der Waals surface area contributed by atoms with Gasteiger partial charge in [0.05, 0.1) is 5.70 Å². The van der Waals surface area contributed by atoms with E-state index in [4.69, 9.17) is 0 Å². The van der Waals surface area contributed by atoms with E-state index < -0.39 is 0 Å². The topological polar surface area (TPSA) is 24.7 Å². The standard InChI is InChI=1S/C7H10N2/c1-8-5-7(9-2)6-3-4-6/h5-6H,1-4H2/b7-5-. The minimum absolute atomic E-state index is 0.632. The fourth-order valence-electron chi connectivity index (χ4n) is 0.748. The van der Waals surface area contributed by atoms with E-state index in [2.05, 4.69) is 23.4 Å². The third kappa shape index (κ3) is 1.49. The molecule has 1 saturated carbocycles. The van der Waals surface area contributed by atoms with Crippen molar-refractivity contribution in [3.05, 3.63) is 11.9 Å². The molecule has 2 heteroatoms. The minimum Gasteiger partial charge on any atom is -0.271 e. The van der Waals surface area contributed by atoms with E-state index in [1.165, 1.54) is 12.8 Å². The Morgan fingerprint density at radius 1 is 1.44 bits per heavy atom. The summed E-state index contributed by atoms with van der Waals surface area (Å²) in [5.41, 5.74) is 0.991. The Kier molecular flexibility index (Phi) is 1.78. The summed E-state index contributed by atoms with van der Waals surface area (Å²) < 4.78 is 0. The average molecular weight is 122 g/mol. The second-order valence-corrected chi connectivity index (χ2v) is 2.17. The molecule has 0 unspecified atom stereocenters. The number of allylic oxidation sites excluding steroid dienone is 1. The Labute approximate surface area is 55.0 Å². The molecule has 1 fully saturated rings. The third-order valence-corrected chi connectivity index (χ3v) is 1.40. The summed E-state index contributed by atoms with van der Waals surface area (Å²) in [5, 5.41) is 0. The summed E-state index contributed by atoms with van der Waals surface area (Å²) >= 11 is 0. The number of hydrogen-bond acceptors (Lipinski definition) is 2.